The summed E-state index contributed by atoms with van der Waals surface area (Å²) in [4.78, 5) is 35.9. The molecule has 1 atom stereocenters. The van der Waals surface area contributed by atoms with Crippen molar-refractivity contribution in [1.29, 1.82) is 0 Å². The van der Waals surface area contributed by atoms with Crippen molar-refractivity contribution in [2.24, 2.45) is 0 Å². The van der Waals surface area contributed by atoms with Gasteiger partial charge >= 0.3 is 6.18 Å². The molecule has 0 spiro atoms. The molecule has 0 bridgehead atoms. The molecule has 2 amide bonds. The van der Waals surface area contributed by atoms with Gasteiger partial charge in [0.2, 0.25) is 11.8 Å². The first-order valence-corrected chi connectivity index (χ1v) is 9.23. The van der Waals surface area contributed by atoms with Crippen LogP contribution in [0, 0.1) is 0 Å². The number of para-hydroxylation sites is 1. The minimum atomic E-state index is -4.53. The fraction of sp³-hybridized carbons (Fsp3) is 0.294. The molecule has 2 N–H and O–H groups in total. The Balaban J connectivity index is 0.000000326. The Morgan fingerprint density at radius 1 is 1.31 bits per heavy atom. The van der Waals surface area contributed by atoms with E-state index in [1.54, 1.807) is 11.6 Å². The molecule has 2 aromatic rings. The van der Waals surface area contributed by atoms with Crippen molar-refractivity contribution in [3.8, 4) is 0 Å². The second-order valence-electron chi connectivity index (χ2n) is 5.21. The number of thiazole rings is 1. The third-order valence-corrected chi connectivity index (χ3v) is 4.05. The number of rotatable bonds is 7. The van der Waals surface area contributed by atoms with E-state index in [4.69, 9.17) is 11.6 Å². The van der Waals surface area contributed by atoms with Gasteiger partial charge in [0.1, 0.15) is 11.7 Å². The molecule has 7 nitrogen and oxygen atoms in total. The zero-order valence-electron chi connectivity index (χ0n) is 15.0. The summed E-state index contributed by atoms with van der Waals surface area (Å²) in [7, 11) is 1.34. The Bertz CT molecular complexity index is 803. The van der Waals surface area contributed by atoms with E-state index < -0.39 is 23.0 Å². The molecule has 2 rings (SSSR count). The summed E-state index contributed by atoms with van der Waals surface area (Å²) in [5.74, 6) is -1.06. The first-order valence-electron chi connectivity index (χ1n) is 7.92. The first kappa shape index (κ1) is 24.5. The van der Waals surface area contributed by atoms with Gasteiger partial charge in [0.25, 0.3) is 0 Å². The van der Waals surface area contributed by atoms with E-state index in [2.05, 4.69) is 20.4 Å². The van der Waals surface area contributed by atoms with Crippen molar-refractivity contribution in [1.82, 2.24) is 4.98 Å². The van der Waals surface area contributed by atoms with Crippen LogP contribution in [-0.4, -0.2) is 42.2 Å². The summed E-state index contributed by atoms with van der Waals surface area (Å²) in [6.45, 7) is -0.0818. The number of aldehydes is 1. The summed E-state index contributed by atoms with van der Waals surface area (Å²) in [5, 5.41) is 5.82. The molecular formula is C17H17ClF3N3O4S. The second-order valence-corrected chi connectivity index (χ2v) is 6.63. The lowest BCUT2D eigenvalue weighted by molar-refractivity contribution is -0.137. The third kappa shape index (κ3) is 9.03. The quantitative estimate of drug-likeness (QED) is 0.381. The van der Waals surface area contributed by atoms with E-state index in [1.807, 2.05) is 0 Å². The number of halogens is 4. The fourth-order valence-electron chi connectivity index (χ4n) is 1.80. The van der Waals surface area contributed by atoms with E-state index in [1.165, 1.54) is 30.6 Å². The van der Waals surface area contributed by atoms with Gasteiger partial charge in [-0.15, -0.1) is 22.9 Å². The SMILES string of the molecule is COCC(Cl)C(=O)Nc1ccccc1C(F)(F)F.O=CCC(=O)Nc1nccs1. The molecule has 12 heteroatoms. The minimum absolute atomic E-state index is 0.0818. The van der Waals surface area contributed by atoms with Crippen LogP contribution < -0.4 is 10.6 Å². The molecule has 158 valence electrons. The Hall–Kier alpha value is -2.50. The Labute approximate surface area is 173 Å². The third-order valence-electron chi connectivity index (χ3n) is 3.04. The van der Waals surface area contributed by atoms with E-state index in [9.17, 15) is 27.6 Å². The lowest BCUT2D eigenvalue weighted by Gasteiger charge is -2.15. The van der Waals surface area contributed by atoms with E-state index >= 15 is 0 Å². The summed E-state index contributed by atoms with van der Waals surface area (Å²) in [6.07, 6.45) is -2.50. The van der Waals surface area contributed by atoms with Crippen LogP contribution in [0.25, 0.3) is 0 Å². The highest BCUT2D eigenvalue weighted by atomic mass is 35.5. The zero-order chi connectivity index (χ0) is 21.9. The van der Waals surface area contributed by atoms with Crippen LogP contribution in [0.2, 0.25) is 0 Å². The highest BCUT2D eigenvalue weighted by Crippen LogP contribution is 2.34. The van der Waals surface area contributed by atoms with Crippen LogP contribution in [-0.2, 0) is 25.3 Å². The largest absolute Gasteiger partial charge is 0.418 e. The molecule has 0 aliphatic heterocycles. The number of hydrogen-bond donors (Lipinski definition) is 2. The number of amides is 2. The summed E-state index contributed by atoms with van der Waals surface area (Å²) in [6, 6.07) is 4.68. The number of nitrogens with one attached hydrogen (secondary N) is 2. The van der Waals surface area contributed by atoms with Gasteiger partial charge in [0, 0.05) is 18.7 Å². The molecule has 0 fully saturated rings. The molecule has 1 aromatic carbocycles. The topological polar surface area (TPSA) is 97.4 Å². The molecule has 0 saturated heterocycles. The molecule has 29 heavy (non-hydrogen) atoms. The van der Waals surface area contributed by atoms with Gasteiger partial charge in [-0.25, -0.2) is 4.98 Å². The maximum atomic E-state index is 12.6. The Kier molecular flexibility index (Phi) is 10.3. The molecule has 0 saturated carbocycles. The van der Waals surface area contributed by atoms with E-state index in [-0.39, 0.29) is 24.6 Å². The normalized spacial score (nSPS) is 11.6. The summed E-state index contributed by atoms with van der Waals surface area (Å²) < 4.78 is 42.6. The van der Waals surface area contributed by atoms with Gasteiger partial charge < -0.3 is 20.2 Å². The van der Waals surface area contributed by atoms with Crippen molar-refractivity contribution in [2.45, 2.75) is 18.0 Å². The molecule has 0 radical (unpaired) electrons. The number of carbonyl (C=O) groups is 3. The lowest BCUT2D eigenvalue weighted by atomic mass is 10.1. The number of hydrogen-bond acceptors (Lipinski definition) is 6. The molecule has 1 aromatic heterocycles. The van der Waals surface area contributed by atoms with Crippen LogP contribution in [0.15, 0.2) is 35.8 Å². The average molecular weight is 452 g/mol. The predicted octanol–water partition coefficient (Wildman–Crippen LogP) is 3.57. The Morgan fingerprint density at radius 2 is 2.00 bits per heavy atom. The first-order chi connectivity index (χ1) is 13.7. The molecule has 0 aliphatic rings. The van der Waals surface area contributed by atoms with E-state index in [0.29, 0.717) is 11.4 Å². The van der Waals surface area contributed by atoms with Gasteiger partial charge in [-0.05, 0) is 12.1 Å². The van der Waals surface area contributed by atoms with Gasteiger partial charge in [0.15, 0.2) is 5.13 Å². The highest BCUT2D eigenvalue weighted by molar-refractivity contribution is 7.13. The van der Waals surface area contributed by atoms with Crippen LogP contribution in [0.3, 0.4) is 0 Å². The van der Waals surface area contributed by atoms with Crippen molar-refractivity contribution in [3.05, 3.63) is 41.4 Å². The van der Waals surface area contributed by atoms with Gasteiger partial charge in [-0.1, -0.05) is 12.1 Å². The second kappa shape index (κ2) is 12.1. The number of benzene rings is 1. The van der Waals surface area contributed by atoms with Gasteiger partial charge in [0.05, 0.1) is 24.3 Å². The zero-order valence-corrected chi connectivity index (χ0v) is 16.6. The number of aromatic nitrogens is 1. The standard InChI is InChI=1S/C11H11ClF3NO2.C6H6N2O2S/c1-18-6-8(12)10(17)16-9-5-3-2-4-7(9)11(13,14)15;9-3-1-5(10)8-6-7-2-4-11-6/h2-5,8H,6H2,1H3,(H,16,17);2-4H,1H2,(H,7,8,10). The number of methoxy groups -OCH3 is 1. The van der Waals surface area contributed by atoms with Crippen molar-refractivity contribution in [2.75, 3.05) is 24.4 Å². The molecule has 0 aliphatic carbocycles. The van der Waals surface area contributed by atoms with Crippen LogP contribution in [0.1, 0.15) is 12.0 Å². The van der Waals surface area contributed by atoms with Crippen molar-refractivity contribution < 1.29 is 32.3 Å². The van der Waals surface area contributed by atoms with Gasteiger partial charge in [-0.2, -0.15) is 13.2 Å². The Morgan fingerprint density at radius 3 is 2.55 bits per heavy atom. The lowest BCUT2D eigenvalue weighted by Crippen LogP contribution is -2.28. The minimum Gasteiger partial charge on any atom is -0.383 e. The number of anilines is 2. The number of ether oxygens (including phenoxy) is 1. The van der Waals surface area contributed by atoms with Gasteiger partial charge in [-0.3, -0.25) is 9.59 Å². The molecular weight excluding hydrogens is 435 g/mol. The molecule has 1 unspecified atom stereocenters. The summed E-state index contributed by atoms with van der Waals surface area (Å²) >= 11 is 6.95. The van der Waals surface area contributed by atoms with Crippen LogP contribution in [0.5, 0.6) is 0 Å². The predicted molar refractivity (Wildman–Crippen MR) is 103 cm³/mol. The van der Waals surface area contributed by atoms with Crippen LogP contribution >= 0.6 is 22.9 Å². The van der Waals surface area contributed by atoms with Crippen LogP contribution in [0.4, 0.5) is 24.0 Å². The average Bonchev–Trinajstić information content (AvgIpc) is 3.15. The summed E-state index contributed by atoms with van der Waals surface area (Å²) in [5.41, 5.74) is -1.24. The smallest absolute Gasteiger partial charge is 0.383 e. The number of carbonyl (C=O) groups excluding carboxylic acids is 3. The number of alkyl halides is 4. The van der Waals surface area contributed by atoms with E-state index in [0.717, 1.165) is 12.1 Å². The maximum absolute atomic E-state index is 12.6. The maximum Gasteiger partial charge on any atom is 0.418 e. The number of nitrogens with zero attached hydrogens (tertiary/aromatic N) is 1. The molecule has 1 heterocycles. The monoisotopic (exact) mass is 451 g/mol. The van der Waals surface area contributed by atoms with Crippen molar-refractivity contribution >= 4 is 51.9 Å². The van der Waals surface area contributed by atoms with Crippen molar-refractivity contribution in [3.63, 3.8) is 0 Å². The fourth-order valence-corrected chi connectivity index (χ4v) is 2.53. The highest BCUT2D eigenvalue weighted by Gasteiger charge is 2.33.